The smallest absolute Gasteiger partial charge is 0.128 e. The van der Waals surface area contributed by atoms with Gasteiger partial charge >= 0.3 is 0 Å². The Morgan fingerprint density at radius 3 is 2.68 bits per heavy atom. The maximum atomic E-state index is 13.8. The van der Waals surface area contributed by atoms with Crippen LogP contribution in [0.1, 0.15) is 37.1 Å². The Labute approximate surface area is 121 Å². The molecule has 0 fully saturated rings. The van der Waals surface area contributed by atoms with E-state index in [0.29, 0.717) is 5.56 Å². The zero-order chi connectivity index (χ0) is 14.0. The van der Waals surface area contributed by atoms with Crippen LogP contribution in [0.3, 0.4) is 0 Å². The molecule has 2 rings (SSSR count). The molecular formula is C14H17BrFN3. The van der Waals surface area contributed by atoms with Crippen molar-refractivity contribution in [3.8, 4) is 0 Å². The summed E-state index contributed by atoms with van der Waals surface area (Å²) in [5.74, 6) is -0.193. The van der Waals surface area contributed by atoms with E-state index in [9.17, 15) is 4.39 Å². The lowest BCUT2D eigenvalue weighted by Gasteiger charge is -2.20. The summed E-state index contributed by atoms with van der Waals surface area (Å²) in [4.78, 5) is 0. The molecule has 5 heteroatoms. The Kier molecular flexibility index (Phi) is 4.37. The lowest BCUT2D eigenvalue weighted by atomic mass is 10.1. The first kappa shape index (κ1) is 14.2. The summed E-state index contributed by atoms with van der Waals surface area (Å²) in [5.41, 5.74) is 1.75. The van der Waals surface area contributed by atoms with Crippen LogP contribution < -0.4 is 5.32 Å². The Hall–Kier alpha value is -1.20. The van der Waals surface area contributed by atoms with Gasteiger partial charge in [0.1, 0.15) is 5.82 Å². The van der Waals surface area contributed by atoms with Gasteiger partial charge in [0.25, 0.3) is 0 Å². The van der Waals surface area contributed by atoms with E-state index in [1.165, 1.54) is 6.07 Å². The van der Waals surface area contributed by atoms with Crippen molar-refractivity contribution in [3.63, 3.8) is 0 Å². The number of nitrogens with one attached hydrogen (secondary N) is 1. The lowest BCUT2D eigenvalue weighted by Crippen LogP contribution is -2.23. The molecule has 0 aliphatic rings. The molecule has 1 aromatic carbocycles. The molecule has 0 saturated heterocycles. The third-order valence-corrected chi connectivity index (χ3v) is 3.64. The highest BCUT2D eigenvalue weighted by molar-refractivity contribution is 9.10. The summed E-state index contributed by atoms with van der Waals surface area (Å²) in [7, 11) is 1.88. The minimum Gasteiger partial charge on any atom is -0.303 e. The van der Waals surface area contributed by atoms with Crippen LogP contribution in [-0.4, -0.2) is 9.78 Å². The molecule has 0 saturated carbocycles. The van der Waals surface area contributed by atoms with Crippen LogP contribution in [0.25, 0.3) is 0 Å². The fourth-order valence-corrected chi connectivity index (χ4v) is 2.45. The highest BCUT2D eigenvalue weighted by Crippen LogP contribution is 2.24. The topological polar surface area (TPSA) is 29.9 Å². The minimum atomic E-state index is -0.193. The second-order valence-electron chi connectivity index (χ2n) is 4.72. The Morgan fingerprint density at radius 2 is 2.05 bits per heavy atom. The molecule has 102 valence electrons. The van der Waals surface area contributed by atoms with Crippen molar-refractivity contribution in [2.75, 3.05) is 0 Å². The summed E-state index contributed by atoms with van der Waals surface area (Å²) < 4.78 is 16.4. The van der Waals surface area contributed by atoms with Crippen molar-refractivity contribution < 1.29 is 4.39 Å². The number of nitrogens with zero attached hydrogens (tertiary/aromatic N) is 2. The van der Waals surface area contributed by atoms with Gasteiger partial charge in [-0.15, -0.1) is 0 Å². The van der Waals surface area contributed by atoms with Crippen LogP contribution in [0.2, 0.25) is 0 Å². The number of hydrogen-bond acceptors (Lipinski definition) is 2. The molecule has 0 spiro atoms. The van der Waals surface area contributed by atoms with Crippen molar-refractivity contribution in [1.82, 2.24) is 15.1 Å². The van der Waals surface area contributed by atoms with E-state index >= 15 is 0 Å². The predicted octanol–water partition coefficient (Wildman–Crippen LogP) is 3.73. The van der Waals surface area contributed by atoms with Crippen LogP contribution in [0.5, 0.6) is 0 Å². The molecule has 19 heavy (non-hydrogen) atoms. The summed E-state index contributed by atoms with van der Waals surface area (Å²) in [6, 6.07) is 5.03. The van der Waals surface area contributed by atoms with Gasteiger partial charge in [-0.1, -0.05) is 15.9 Å². The van der Waals surface area contributed by atoms with E-state index in [4.69, 9.17) is 0 Å². The van der Waals surface area contributed by atoms with E-state index in [1.54, 1.807) is 10.7 Å². The number of benzene rings is 1. The summed E-state index contributed by atoms with van der Waals surface area (Å²) in [6.07, 6.45) is 3.78. The van der Waals surface area contributed by atoms with Crippen LogP contribution in [0.4, 0.5) is 4.39 Å². The third kappa shape index (κ3) is 3.42. The molecule has 0 aliphatic heterocycles. The second-order valence-corrected chi connectivity index (χ2v) is 5.64. The van der Waals surface area contributed by atoms with Gasteiger partial charge in [0.15, 0.2) is 0 Å². The van der Waals surface area contributed by atoms with Gasteiger partial charge in [-0.2, -0.15) is 5.10 Å². The fraction of sp³-hybridized carbons (Fsp3) is 0.357. The first-order valence-corrected chi connectivity index (χ1v) is 6.96. The van der Waals surface area contributed by atoms with Crippen LogP contribution in [0.15, 0.2) is 35.1 Å². The minimum absolute atomic E-state index is 0.0762. The zero-order valence-electron chi connectivity index (χ0n) is 11.2. The van der Waals surface area contributed by atoms with Gasteiger partial charge in [-0.05, 0) is 32.0 Å². The fourth-order valence-electron chi connectivity index (χ4n) is 2.07. The monoisotopic (exact) mass is 325 g/mol. The Morgan fingerprint density at radius 1 is 1.32 bits per heavy atom. The number of halogens is 2. The molecule has 0 amide bonds. The normalized spacial score (nSPS) is 14.4. The number of aromatic nitrogens is 2. The molecule has 0 aliphatic carbocycles. The van der Waals surface area contributed by atoms with Gasteiger partial charge in [-0.25, -0.2) is 4.39 Å². The van der Waals surface area contributed by atoms with Crippen molar-refractivity contribution in [2.45, 2.75) is 25.9 Å². The van der Waals surface area contributed by atoms with Gasteiger partial charge in [-0.3, -0.25) is 4.68 Å². The van der Waals surface area contributed by atoms with Crippen molar-refractivity contribution in [3.05, 3.63) is 52.0 Å². The maximum Gasteiger partial charge on any atom is 0.128 e. The van der Waals surface area contributed by atoms with E-state index in [-0.39, 0.29) is 17.9 Å². The molecular weight excluding hydrogens is 309 g/mol. The van der Waals surface area contributed by atoms with E-state index in [2.05, 4.69) is 26.3 Å². The Balaban J connectivity index is 2.12. The zero-order valence-corrected chi connectivity index (χ0v) is 12.8. The SMILES string of the molecule is C[C@@H](N[C@H](C)c1cc(Br)ccc1F)c1cnn(C)c1. The third-order valence-electron chi connectivity index (χ3n) is 3.15. The standard InChI is InChI=1S/C14H17BrFN3/c1-9(11-7-17-19(3)8-11)18-10(2)13-6-12(15)4-5-14(13)16/h4-10,18H,1-3H3/t9-,10-/m1/s1. The highest BCUT2D eigenvalue weighted by Gasteiger charge is 2.15. The first-order chi connectivity index (χ1) is 8.97. The molecule has 1 heterocycles. The highest BCUT2D eigenvalue weighted by atomic mass is 79.9. The van der Waals surface area contributed by atoms with Crippen molar-refractivity contribution in [2.24, 2.45) is 7.05 Å². The molecule has 0 bridgehead atoms. The van der Waals surface area contributed by atoms with Crippen LogP contribution in [-0.2, 0) is 7.05 Å². The summed E-state index contributed by atoms with van der Waals surface area (Å²) in [5, 5.41) is 7.52. The molecule has 3 nitrogen and oxygen atoms in total. The second kappa shape index (κ2) is 5.84. The number of rotatable bonds is 4. The maximum absolute atomic E-state index is 13.8. The van der Waals surface area contributed by atoms with Crippen molar-refractivity contribution >= 4 is 15.9 Å². The molecule has 0 radical (unpaired) electrons. The molecule has 2 atom stereocenters. The van der Waals surface area contributed by atoms with Crippen LogP contribution in [0, 0.1) is 5.82 Å². The first-order valence-electron chi connectivity index (χ1n) is 6.17. The van der Waals surface area contributed by atoms with E-state index in [0.717, 1.165) is 10.0 Å². The average Bonchev–Trinajstić information content (AvgIpc) is 2.79. The molecule has 1 aromatic heterocycles. The van der Waals surface area contributed by atoms with Gasteiger partial charge in [0.2, 0.25) is 0 Å². The van der Waals surface area contributed by atoms with Crippen molar-refractivity contribution in [1.29, 1.82) is 0 Å². The number of aryl methyl sites for hydroxylation is 1. The largest absolute Gasteiger partial charge is 0.303 e. The van der Waals surface area contributed by atoms with Gasteiger partial charge in [0, 0.05) is 40.9 Å². The lowest BCUT2D eigenvalue weighted by molar-refractivity contribution is 0.473. The molecule has 2 aromatic rings. The van der Waals surface area contributed by atoms with Crippen LogP contribution >= 0.6 is 15.9 Å². The van der Waals surface area contributed by atoms with Gasteiger partial charge in [0.05, 0.1) is 6.20 Å². The number of hydrogen-bond donors (Lipinski definition) is 1. The molecule has 0 unspecified atom stereocenters. The molecule has 1 N–H and O–H groups in total. The predicted molar refractivity (Wildman–Crippen MR) is 77.3 cm³/mol. The quantitative estimate of drug-likeness (QED) is 0.928. The summed E-state index contributed by atoms with van der Waals surface area (Å²) >= 11 is 3.37. The summed E-state index contributed by atoms with van der Waals surface area (Å²) in [6.45, 7) is 4.00. The van der Waals surface area contributed by atoms with Gasteiger partial charge < -0.3 is 5.32 Å². The average molecular weight is 326 g/mol. The Bertz CT molecular complexity index is 568. The van der Waals surface area contributed by atoms with E-state index in [1.807, 2.05) is 39.4 Å². The van der Waals surface area contributed by atoms with E-state index < -0.39 is 0 Å².